The normalized spacial score (nSPS) is 13.4. The summed E-state index contributed by atoms with van der Waals surface area (Å²) in [5.74, 6) is 1.08. The van der Waals surface area contributed by atoms with Crippen LogP contribution < -0.4 is 4.90 Å². The monoisotopic (exact) mass is 291 g/mol. The molecule has 0 fully saturated rings. The van der Waals surface area contributed by atoms with Crippen molar-refractivity contribution in [2.75, 3.05) is 11.9 Å². The number of hydrogen-bond donors (Lipinski definition) is 0. The highest BCUT2D eigenvalue weighted by molar-refractivity contribution is 5.98. The first-order valence-corrected chi connectivity index (χ1v) is 8.19. The molecule has 0 N–H and O–H groups in total. The molecule has 1 aliphatic rings. The van der Waals surface area contributed by atoms with E-state index >= 15 is 0 Å². The highest BCUT2D eigenvalue weighted by Crippen LogP contribution is 2.47. The molecular weight excluding hydrogens is 266 g/mol. The third kappa shape index (κ3) is 2.25. The van der Waals surface area contributed by atoms with Gasteiger partial charge in [0, 0.05) is 29.5 Å². The van der Waals surface area contributed by atoms with E-state index in [0.29, 0.717) is 11.8 Å². The number of hydrogen-bond acceptors (Lipinski definition) is 1. The maximum absolute atomic E-state index is 2.31. The molecule has 0 amide bonds. The average molecular weight is 291 g/mol. The van der Waals surface area contributed by atoms with Crippen LogP contribution in [0, 0.1) is 11.8 Å². The zero-order chi connectivity index (χ0) is 15.9. The summed E-state index contributed by atoms with van der Waals surface area (Å²) in [6.45, 7) is 9.25. The second-order valence-electron chi connectivity index (χ2n) is 6.73. The van der Waals surface area contributed by atoms with Crippen LogP contribution in [-0.2, 0) is 0 Å². The van der Waals surface area contributed by atoms with Gasteiger partial charge in [-0.3, -0.25) is 0 Å². The zero-order valence-electron chi connectivity index (χ0n) is 14.2. The molecule has 3 rings (SSSR count). The van der Waals surface area contributed by atoms with Gasteiger partial charge in [-0.1, -0.05) is 69.7 Å². The fraction of sp³-hybridized carbons (Fsp3) is 0.333. The number of rotatable bonds is 2. The fourth-order valence-electron chi connectivity index (χ4n) is 3.78. The predicted molar refractivity (Wildman–Crippen MR) is 96.6 cm³/mol. The summed E-state index contributed by atoms with van der Waals surface area (Å²) < 4.78 is 0. The van der Waals surface area contributed by atoms with Gasteiger partial charge in [0.1, 0.15) is 0 Å². The second-order valence-corrected chi connectivity index (χ2v) is 6.73. The van der Waals surface area contributed by atoms with Gasteiger partial charge >= 0.3 is 0 Å². The molecule has 0 unspecified atom stereocenters. The highest BCUT2D eigenvalue weighted by Gasteiger charge is 2.27. The Hall–Kier alpha value is -2.02. The molecule has 0 saturated carbocycles. The van der Waals surface area contributed by atoms with Crippen LogP contribution in [0.25, 0.3) is 5.57 Å². The van der Waals surface area contributed by atoms with Gasteiger partial charge < -0.3 is 4.90 Å². The molecule has 2 aromatic carbocycles. The third-order valence-electron chi connectivity index (χ3n) is 4.60. The lowest BCUT2D eigenvalue weighted by atomic mass is 9.79. The first-order chi connectivity index (χ1) is 10.5. The average Bonchev–Trinajstić information content (AvgIpc) is 2.50. The Bertz CT molecular complexity index is 663. The summed E-state index contributed by atoms with van der Waals surface area (Å²) in [6, 6.07) is 17.5. The van der Waals surface area contributed by atoms with Crippen LogP contribution in [0.1, 0.15) is 38.8 Å². The Morgan fingerprint density at radius 3 is 1.55 bits per heavy atom. The van der Waals surface area contributed by atoms with Crippen LogP contribution in [0.3, 0.4) is 0 Å². The molecule has 0 atom stereocenters. The molecule has 22 heavy (non-hydrogen) atoms. The largest absolute Gasteiger partial charge is 0.344 e. The van der Waals surface area contributed by atoms with Crippen LogP contribution in [0.2, 0.25) is 0 Å². The quantitative estimate of drug-likeness (QED) is 0.667. The van der Waals surface area contributed by atoms with Gasteiger partial charge in [0.05, 0.1) is 0 Å². The van der Waals surface area contributed by atoms with Crippen molar-refractivity contribution in [3.05, 3.63) is 65.2 Å². The van der Waals surface area contributed by atoms with Crippen molar-refractivity contribution >= 4 is 16.9 Å². The summed E-state index contributed by atoms with van der Waals surface area (Å²) in [7, 11) is 2.17. The van der Waals surface area contributed by atoms with E-state index in [4.69, 9.17) is 0 Å². The Morgan fingerprint density at radius 1 is 0.727 bits per heavy atom. The highest BCUT2D eigenvalue weighted by atomic mass is 15.1. The molecular formula is C21H25N. The number of benzene rings is 2. The first-order valence-electron chi connectivity index (χ1n) is 8.19. The van der Waals surface area contributed by atoms with Crippen molar-refractivity contribution < 1.29 is 0 Å². The van der Waals surface area contributed by atoms with Crippen molar-refractivity contribution in [3.63, 3.8) is 0 Å². The van der Waals surface area contributed by atoms with E-state index in [1.807, 2.05) is 0 Å². The molecule has 0 radical (unpaired) electrons. The maximum Gasteiger partial charge on any atom is 0.0488 e. The molecule has 0 spiro atoms. The van der Waals surface area contributed by atoms with Crippen LogP contribution in [0.15, 0.2) is 54.1 Å². The Morgan fingerprint density at radius 2 is 1.14 bits per heavy atom. The van der Waals surface area contributed by atoms with E-state index in [2.05, 4.69) is 88.2 Å². The lowest BCUT2D eigenvalue weighted by molar-refractivity contribution is 0.629. The van der Waals surface area contributed by atoms with E-state index in [1.54, 1.807) is 5.57 Å². The molecule has 0 aliphatic carbocycles. The van der Waals surface area contributed by atoms with Gasteiger partial charge in [0.15, 0.2) is 0 Å². The molecule has 0 aromatic heterocycles. The van der Waals surface area contributed by atoms with Crippen LogP contribution in [-0.4, -0.2) is 7.05 Å². The van der Waals surface area contributed by atoms with Crippen molar-refractivity contribution in [3.8, 4) is 0 Å². The number of allylic oxidation sites excluding steroid dienone is 1. The van der Waals surface area contributed by atoms with Gasteiger partial charge in [0.25, 0.3) is 0 Å². The van der Waals surface area contributed by atoms with Gasteiger partial charge in [-0.2, -0.15) is 0 Å². The minimum absolute atomic E-state index is 0.541. The fourth-order valence-corrected chi connectivity index (χ4v) is 3.78. The van der Waals surface area contributed by atoms with Crippen molar-refractivity contribution in [2.45, 2.75) is 27.7 Å². The third-order valence-corrected chi connectivity index (χ3v) is 4.60. The lowest BCUT2D eigenvalue weighted by Crippen LogP contribution is -2.20. The smallest absolute Gasteiger partial charge is 0.0488 e. The van der Waals surface area contributed by atoms with E-state index in [1.165, 1.54) is 28.1 Å². The van der Waals surface area contributed by atoms with Crippen molar-refractivity contribution in [1.82, 2.24) is 0 Å². The second kappa shape index (κ2) is 5.64. The molecule has 0 saturated heterocycles. The minimum atomic E-state index is 0.541. The van der Waals surface area contributed by atoms with Crippen LogP contribution in [0.4, 0.5) is 11.4 Å². The summed E-state index contributed by atoms with van der Waals surface area (Å²) in [5.41, 5.74) is 8.31. The van der Waals surface area contributed by atoms with E-state index in [-0.39, 0.29) is 0 Å². The summed E-state index contributed by atoms with van der Waals surface area (Å²) in [6.07, 6.45) is 0. The van der Waals surface area contributed by atoms with Gasteiger partial charge in [-0.05, 0) is 29.5 Å². The Labute approximate surface area is 134 Å². The molecule has 114 valence electrons. The van der Waals surface area contributed by atoms with E-state index in [0.717, 1.165) is 0 Å². The maximum atomic E-state index is 2.31. The van der Waals surface area contributed by atoms with Crippen molar-refractivity contribution in [1.29, 1.82) is 0 Å². The van der Waals surface area contributed by atoms with E-state index < -0.39 is 0 Å². The lowest BCUT2D eigenvalue weighted by Gasteiger charge is -2.34. The topological polar surface area (TPSA) is 3.24 Å². The van der Waals surface area contributed by atoms with Crippen molar-refractivity contribution in [2.24, 2.45) is 11.8 Å². The van der Waals surface area contributed by atoms with Gasteiger partial charge in [0.2, 0.25) is 0 Å². The minimum Gasteiger partial charge on any atom is -0.344 e. The molecule has 1 heteroatoms. The molecule has 1 heterocycles. The summed E-state index contributed by atoms with van der Waals surface area (Å²) in [4.78, 5) is 2.31. The summed E-state index contributed by atoms with van der Waals surface area (Å²) in [5, 5.41) is 0. The molecule has 1 nitrogen and oxygen atoms in total. The number of para-hydroxylation sites is 2. The summed E-state index contributed by atoms with van der Waals surface area (Å²) >= 11 is 0. The molecule has 0 bridgehead atoms. The van der Waals surface area contributed by atoms with Crippen LogP contribution in [0.5, 0.6) is 0 Å². The number of anilines is 2. The molecule has 2 aromatic rings. The van der Waals surface area contributed by atoms with Gasteiger partial charge in [-0.25, -0.2) is 0 Å². The van der Waals surface area contributed by atoms with E-state index in [9.17, 15) is 0 Å². The SMILES string of the molecule is CC(C)C(=C1c2ccccc2N(C)c2ccccc21)C(C)C. The Balaban J connectivity index is 2.40. The number of nitrogens with zero attached hydrogens (tertiary/aromatic N) is 1. The zero-order valence-corrected chi connectivity index (χ0v) is 14.2. The van der Waals surface area contributed by atoms with Gasteiger partial charge in [-0.15, -0.1) is 0 Å². The molecule has 1 aliphatic heterocycles. The predicted octanol–water partition coefficient (Wildman–Crippen LogP) is 5.88. The first kappa shape index (κ1) is 14.9. The standard InChI is InChI=1S/C21H25N/c1-14(2)20(15(3)4)21-16-10-6-8-12-18(16)22(5)19-13-9-7-11-17(19)21/h6-15H,1-5H3. The Kier molecular flexibility index (Phi) is 3.82. The van der Waals surface area contributed by atoms with Crippen LogP contribution >= 0.6 is 0 Å². The number of fused-ring (bicyclic) bond motifs is 2.